The number of ether oxygens (including phenoxy) is 1. The van der Waals surface area contributed by atoms with Crippen LogP contribution in [-0.2, 0) is 0 Å². The molecule has 0 spiro atoms. The zero-order chi connectivity index (χ0) is 17.2. The van der Waals surface area contributed by atoms with E-state index in [1.807, 2.05) is 30.3 Å². The predicted molar refractivity (Wildman–Crippen MR) is 106 cm³/mol. The Morgan fingerprint density at radius 1 is 0.880 bits per heavy atom. The molecule has 128 valence electrons. The normalized spacial score (nSPS) is 15.5. The Balaban J connectivity index is 1.41. The number of hydrogen-bond acceptors (Lipinski definition) is 3. The summed E-state index contributed by atoms with van der Waals surface area (Å²) in [7, 11) is 0. The largest absolute Gasteiger partial charge is 0.508 e. The highest BCUT2D eigenvalue weighted by molar-refractivity contribution is 9.10. The molecule has 0 radical (unpaired) electrons. The Morgan fingerprint density at radius 3 is 2.32 bits per heavy atom. The highest BCUT2D eigenvalue weighted by atomic mass is 79.9. The molecule has 0 atom stereocenters. The zero-order valence-electron chi connectivity index (χ0n) is 13.9. The van der Waals surface area contributed by atoms with Gasteiger partial charge in [-0.1, -0.05) is 28.1 Å². The molecule has 1 fully saturated rings. The fraction of sp³-hybridized carbons (Fsp3) is 0.238. The van der Waals surface area contributed by atoms with E-state index in [2.05, 4.69) is 39.0 Å². The van der Waals surface area contributed by atoms with Gasteiger partial charge in [-0.3, -0.25) is 0 Å². The van der Waals surface area contributed by atoms with Crippen molar-refractivity contribution in [3.63, 3.8) is 0 Å². The van der Waals surface area contributed by atoms with Crippen molar-refractivity contribution in [2.45, 2.75) is 18.9 Å². The van der Waals surface area contributed by atoms with Gasteiger partial charge in [0.05, 0.1) is 0 Å². The Bertz CT molecular complexity index is 871. The summed E-state index contributed by atoms with van der Waals surface area (Å²) in [5.74, 6) is 1.25. The van der Waals surface area contributed by atoms with Crippen LogP contribution in [0.25, 0.3) is 10.8 Å². The molecule has 1 N–H and O–H groups in total. The van der Waals surface area contributed by atoms with Gasteiger partial charge in [-0.15, -0.1) is 0 Å². The van der Waals surface area contributed by atoms with E-state index in [1.54, 1.807) is 12.1 Å². The van der Waals surface area contributed by atoms with Crippen LogP contribution < -0.4 is 9.64 Å². The molecule has 4 rings (SSSR count). The van der Waals surface area contributed by atoms with E-state index in [1.165, 1.54) is 5.69 Å². The van der Waals surface area contributed by atoms with Crippen molar-refractivity contribution in [2.24, 2.45) is 0 Å². The number of phenolic OH excluding ortho intramolecular Hbond substituents is 1. The summed E-state index contributed by atoms with van der Waals surface area (Å²) in [5, 5.41) is 11.8. The maximum Gasteiger partial charge on any atom is 0.119 e. The molecule has 0 amide bonds. The van der Waals surface area contributed by atoms with E-state index >= 15 is 0 Å². The van der Waals surface area contributed by atoms with Crippen LogP contribution in [0.4, 0.5) is 5.69 Å². The van der Waals surface area contributed by atoms with Gasteiger partial charge in [-0.25, -0.2) is 0 Å². The van der Waals surface area contributed by atoms with Crippen LogP contribution in [0.2, 0.25) is 0 Å². The van der Waals surface area contributed by atoms with Crippen LogP contribution in [0.15, 0.2) is 65.1 Å². The molecule has 1 aliphatic heterocycles. The third-order valence-corrected chi connectivity index (χ3v) is 5.26. The number of benzene rings is 3. The molecule has 25 heavy (non-hydrogen) atoms. The maximum atomic E-state index is 9.59. The van der Waals surface area contributed by atoms with Crippen molar-refractivity contribution in [2.75, 3.05) is 18.0 Å². The van der Waals surface area contributed by atoms with Gasteiger partial charge in [0.15, 0.2) is 0 Å². The summed E-state index contributed by atoms with van der Waals surface area (Å²) < 4.78 is 7.17. The number of phenols is 1. The minimum absolute atomic E-state index is 0.273. The summed E-state index contributed by atoms with van der Waals surface area (Å²) in [6.45, 7) is 1.98. The van der Waals surface area contributed by atoms with Crippen molar-refractivity contribution in [1.82, 2.24) is 0 Å². The number of rotatable bonds is 3. The van der Waals surface area contributed by atoms with Crippen molar-refractivity contribution < 1.29 is 9.84 Å². The highest BCUT2D eigenvalue weighted by Crippen LogP contribution is 2.28. The lowest BCUT2D eigenvalue weighted by Crippen LogP contribution is -2.38. The van der Waals surface area contributed by atoms with Gasteiger partial charge in [0.25, 0.3) is 0 Å². The van der Waals surface area contributed by atoms with Crippen LogP contribution in [-0.4, -0.2) is 24.3 Å². The van der Waals surface area contributed by atoms with E-state index < -0.39 is 0 Å². The van der Waals surface area contributed by atoms with Gasteiger partial charge in [-0.05, 0) is 59.3 Å². The smallest absolute Gasteiger partial charge is 0.119 e. The number of nitrogens with zero attached hydrogens (tertiary/aromatic N) is 1. The van der Waals surface area contributed by atoms with Crippen molar-refractivity contribution in [1.29, 1.82) is 0 Å². The number of aromatic hydroxyl groups is 1. The van der Waals surface area contributed by atoms with E-state index in [0.717, 1.165) is 46.9 Å². The summed E-state index contributed by atoms with van der Waals surface area (Å²) in [6, 6.07) is 20.0. The molecule has 3 aromatic carbocycles. The quantitative estimate of drug-likeness (QED) is 0.645. The Kier molecular flexibility index (Phi) is 4.53. The topological polar surface area (TPSA) is 32.7 Å². The van der Waals surface area contributed by atoms with Crippen LogP contribution in [0.1, 0.15) is 12.8 Å². The molecular formula is C21H20BrNO2. The van der Waals surface area contributed by atoms with E-state index in [4.69, 9.17) is 4.74 Å². The lowest BCUT2D eigenvalue weighted by Gasteiger charge is -2.34. The minimum Gasteiger partial charge on any atom is -0.508 e. The average Bonchev–Trinajstić information content (AvgIpc) is 2.64. The second-order valence-corrected chi connectivity index (χ2v) is 7.39. The molecule has 0 bridgehead atoms. The maximum absolute atomic E-state index is 9.59. The summed E-state index contributed by atoms with van der Waals surface area (Å²) >= 11 is 3.45. The minimum atomic E-state index is 0.273. The van der Waals surface area contributed by atoms with E-state index in [0.29, 0.717) is 5.75 Å². The van der Waals surface area contributed by atoms with Gasteiger partial charge < -0.3 is 14.7 Å². The predicted octanol–water partition coefficient (Wildman–Crippen LogP) is 5.36. The number of halogens is 1. The molecular weight excluding hydrogens is 378 g/mol. The lowest BCUT2D eigenvalue weighted by atomic mass is 10.0. The summed E-state index contributed by atoms with van der Waals surface area (Å²) in [6.07, 6.45) is 2.31. The Morgan fingerprint density at radius 2 is 1.56 bits per heavy atom. The van der Waals surface area contributed by atoms with Gasteiger partial charge >= 0.3 is 0 Å². The monoisotopic (exact) mass is 397 g/mol. The van der Waals surface area contributed by atoms with Crippen LogP contribution in [0.3, 0.4) is 0 Å². The third kappa shape index (κ3) is 3.74. The summed E-state index contributed by atoms with van der Waals surface area (Å²) in [4.78, 5) is 2.41. The van der Waals surface area contributed by atoms with Crippen LogP contribution in [0, 0.1) is 0 Å². The molecule has 0 aromatic heterocycles. The fourth-order valence-electron chi connectivity index (χ4n) is 3.35. The second-order valence-electron chi connectivity index (χ2n) is 6.47. The molecule has 1 heterocycles. The number of piperidine rings is 1. The van der Waals surface area contributed by atoms with Gasteiger partial charge in [0.1, 0.15) is 17.6 Å². The van der Waals surface area contributed by atoms with E-state index in [-0.39, 0.29) is 6.10 Å². The molecule has 1 aliphatic rings. The number of hydrogen-bond donors (Lipinski definition) is 1. The highest BCUT2D eigenvalue weighted by Gasteiger charge is 2.21. The van der Waals surface area contributed by atoms with Crippen LogP contribution >= 0.6 is 15.9 Å². The lowest BCUT2D eigenvalue weighted by molar-refractivity contribution is 0.171. The fourth-order valence-corrected chi connectivity index (χ4v) is 3.62. The van der Waals surface area contributed by atoms with Gasteiger partial charge in [-0.2, -0.15) is 0 Å². The standard InChI is InChI=1S/C21H20BrNO2/c22-17-3-7-20(8-4-17)25-21-9-11-23(12-10-21)18-5-1-16-14-19(24)6-2-15(16)13-18/h1-8,13-14,21,24H,9-12H2. The first-order valence-corrected chi connectivity index (χ1v) is 9.37. The first kappa shape index (κ1) is 16.3. The van der Waals surface area contributed by atoms with Gasteiger partial charge in [0, 0.05) is 36.1 Å². The Hall–Kier alpha value is -2.20. The van der Waals surface area contributed by atoms with E-state index in [9.17, 15) is 5.11 Å². The molecule has 0 aliphatic carbocycles. The molecule has 3 aromatic rings. The zero-order valence-corrected chi connectivity index (χ0v) is 15.4. The number of fused-ring (bicyclic) bond motifs is 1. The Labute approximate surface area is 156 Å². The molecule has 0 unspecified atom stereocenters. The van der Waals surface area contributed by atoms with Crippen LogP contribution in [0.5, 0.6) is 11.5 Å². The van der Waals surface area contributed by atoms with Crippen molar-refractivity contribution in [3.05, 3.63) is 65.1 Å². The molecule has 4 heteroatoms. The van der Waals surface area contributed by atoms with Gasteiger partial charge in [0.2, 0.25) is 0 Å². The molecule has 0 saturated carbocycles. The first-order chi connectivity index (χ1) is 12.2. The molecule has 3 nitrogen and oxygen atoms in total. The first-order valence-electron chi connectivity index (χ1n) is 8.57. The SMILES string of the molecule is Oc1ccc2cc(N3CCC(Oc4ccc(Br)cc4)CC3)ccc2c1. The second kappa shape index (κ2) is 6.96. The average molecular weight is 398 g/mol. The third-order valence-electron chi connectivity index (χ3n) is 4.73. The summed E-state index contributed by atoms with van der Waals surface area (Å²) in [5.41, 5.74) is 1.24. The van der Waals surface area contributed by atoms with Crippen molar-refractivity contribution >= 4 is 32.4 Å². The molecule has 1 saturated heterocycles. The number of anilines is 1. The van der Waals surface area contributed by atoms with Crippen molar-refractivity contribution in [3.8, 4) is 11.5 Å².